The Morgan fingerprint density at radius 3 is 1.97 bits per heavy atom. The van der Waals surface area contributed by atoms with Crippen molar-refractivity contribution in [3.05, 3.63) is 96.1 Å². The molecule has 29 heavy (non-hydrogen) atoms. The zero-order valence-electron chi connectivity index (χ0n) is 16.3. The lowest BCUT2D eigenvalue weighted by Crippen LogP contribution is -2.37. The van der Waals surface area contributed by atoms with Gasteiger partial charge in [0.2, 0.25) is 5.91 Å². The van der Waals surface area contributed by atoms with Crippen molar-refractivity contribution in [1.82, 2.24) is 5.32 Å². The lowest BCUT2D eigenvalue weighted by atomic mass is 9.90. The number of ether oxygens (including phenoxy) is 1. The minimum Gasteiger partial charge on any atom is -0.494 e. The van der Waals surface area contributed by atoms with Crippen molar-refractivity contribution in [1.29, 1.82) is 0 Å². The third-order valence-corrected chi connectivity index (χ3v) is 4.55. The first-order valence-corrected chi connectivity index (χ1v) is 10.0. The van der Waals surface area contributed by atoms with Gasteiger partial charge in [0.1, 0.15) is 5.75 Å². The summed E-state index contributed by atoms with van der Waals surface area (Å²) in [5, 5.41) is 6.14. The molecule has 0 aliphatic heterocycles. The minimum absolute atomic E-state index is 0.178. The number of amides is 1. The summed E-state index contributed by atoms with van der Waals surface area (Å²) in [7, 11) is 0. The number of thiocarbonyl (C=S) groups is 1. The molecule has 0 aliphatic rings. The van der Waals surface area contributed by atoms with Crippen LogP contribution in [0.3, 0.4) is 0 Å². The standard InChI is InChI=1S/C24H24N2O2S/c1-2-17-28-21-15-13-20(14-16-21)25-24(29)26-23(27)22(18-9-5-3-6-10-18)19-11-7-4-8-12-19/h3-16,22H,2,17H2,1H3,(H2,25,26,27,29). The Kier molecular flexibility index (Phi) is 7.36. The molecule has 148 valence electrons. The molecule has 0 bridgehead atoms. The van der Waals surface area contributed by atoms with Crippen molar-refractivity contribution >= 4 is 28.9 Å². The number of nitrogens with one attached hydrogen (secondary N) is 2. The summed E-state index contributed by atoms with van der Waals surface area (Å²) >= 11 is 5.36. The van der Waals surface area contributed by atoms with Crippen LogP contribution in [0.15, 0.2) is 84.9 Å². The van der Waals surface area contributed by atoms with Crippen LogP contribution in [-0.4, -0.2) is 17.6 Å². The molecule has 0 atom stereocenters. The Bertz CT molecular complexity index is 889. The van der Waals surface area contributed by atoms with E-state index in [9.17, 15) is 4.79 Å². The Morgan fingerprint density at radius 1 is 0.897 bits per heavy atom. The Hall–Kier alpha value is -3.18. The lowest BCUT2D eigenvalue weighted by molar-refractivity contribution is -0.120. The summed E-state index contributed by atoms with van der Waals surface area (Å²) in [6, 6.07) is 26.9. The average Bonchev–Trinajstić information content (AvgIpc) is 2.75. The summed E-state index contributed by atoms with van der Waals surface area (Å²) in [6.45, 7) is 2.75. The molecule has 0 saturated carbocycles. The molecule has 2 N–H and O–H groups in total. The second-order valence-electron chi connectivity index (χ2n) is 6.57. The van der Waals surface area contributed by atoms with Crippen molar-refractivity contribution in [3.63, 3.8) is 0 Å². The van der Waals surface area contributed by atoms with Gasteiger partial charge in [-0.3, -0.25) is 4.79 Å². The Balaban J connectivity index is 1.68. The predicted octanol–water partition coefficient (Wildman–Crippen LogP) is 5.12. The Labute approximate surface area is 176 Å². The van der Waals surface area contributed by atoms with E-state index in [1.165, 1.54) is 0 Å². The average molecular weight is 405 g/mol. The highest BCUT2D eigenvalue weighted by Crippen LogP contribution is 2.25. The van der Waals surface area contributed by atoms with E-state index in [2.05, 4.69) is 17.6 Å². The van der Waals surface area contributed by atoms with Crippen molar-refractivity contribution in [3.8, 4) is 5.75 Å². The topological polar surface area (TPSA) is 50.4 Å². The molecular formula is C24H24N2O2S. The molecule has 3 rings (SSSR count). The molecule has 0 radical (unpaired) electrons. The van der Waals surface area contributed by atoms with Crippen LogP contribution in [0.25, 0.3) is 0 Å². The van der Waals surface area contributed by atoms with E-state index in [4.69, 9.17) is 17.0 Å². The van der Waals surface area contributed by atoms with Gasteiger partial charge in [-0.15, -0.1) is 0 Å². The minimum atomic E-state index is -0.443. The van der Waals surface area contributed by atoms with Crippen molar-refractivity contribution in [2.45, 2.75) is 19.3 Å². The normalized spacial score (nSPS) is 10.4. The van der Waals surface area contributed by atoms with E-state index in [0.29, 0.717) is 6.61 Å². The summed E-state index contributed by atoms with van der Waals surface area (Å²) in [5.41, 5.74) is 2.61. The predicted molar refractivity (Wildman–Crippen MR) is 121 cm³/mol. The number of benzene rings is 3. The smallest absolute Gasteiger partial charge is 0.238 e. The van der Waals surface area contributed by atoms with Gasteiger partial charge in [0.15, 0.2) is 5.11 Å². The van der Waals surface area contributed by atoms with Crippen LogP contribution >= 0.6 is 12.2 Å². The van der Waals surface area contributed by atoms with Crippen LogP contribution in [0.4, 0.5) is 5.69 Å². The SMILES string of the molecule is CCCOc1ccc(NC(=S)NC(=O)C(c2ccccc2)c2ccccc2)cc1. The van der Waals surface area contributed by atoms with Crippen molar-refractivity contribution in [2.75, 3.05) is 11.9 Å². The van der Waals surface area contributed by atoms with E-state index >= 15 is 0 Å². The molecule has 5 heteroatoms. The summed E-state index contributed by atoms with van der Waals surface area (Å²) in [6.07, 6.45) is 0.958. The van der Waals surface area contributed by atoms with Crippen LogP contribution in [0.1, 0.15) is 30.4 Å². The molecule has 4 nitrogen and oxygen atoms in total. The molecule has 0 heterocycles. The first-order valence-electron chi connectivity index (χ1n) is 9.62. The van der Waals surface area contributed by atoms with Crippen LogP contribution in [-0.2, 0) is 4.79 Å². The maximum absolute atomic E-state index is 13.1. The molecule has 0 aliphatic carbocycles. The monoisotopic (exact) mass is 404 g/mol. The third-order valence-electron chi connectivity index (χ3n) is 4.35. The van der Waals surface area contributed by atoms with Crippen LogP contribution in [0.2, 0.25) is 0 Å². The zero-order chi connectivity index (χ0) is 20.5. The number of anilines is 1. The van der Waals surface area contributed by atoms with Gasteiger partial charge in [-0.2, -0.15) is 0 Å². The fourth-order valence-electron chi connectivity index (χ4n) is 2.99. The molecule has 0 unspecified atom stereocenters. The molecule has 3 aromatic carbocycles. The quantitative estimate of drug-likeness (QED) is 0.537. The van der Waals surface area contributed by atoms with E-state index in [1.54, 1.807) is 0 Å². The third kappa shape index (κ3) is 5.90. The van der Waals surface area contributed by atoms with E-state index in [1.807, 2.05) is 84.9 Å². The van der Waals surface area contributed by atoms with Crippen molar-refractivity contribution < 1.29 is 9.53 Å². The molecular weight excluding hydrogens is 380 g/mol. The fourth-order valence-corrected chi connectivity index (χ4v) is 3.21. The second-order valence-corrected chi connectivity index (χ2v) is 6.98. The van der Waals surface area contributed by atoms with Gasteiger partial charge in [0.25, 0.3) is 0 Å². The first-order chi connectivity index (χ1) is 14.2. The fraction of sp³-hybridized carbons (Fsp3) is 0.167. The van der Waals surface area contributed by atoms with E-state index in [0.717, 1.165) is 29.0 Å². The highest BCUT2D eigenvalue weighted by Gasteiger charge is 2.23. The molecule has 0 aromatic heterocycles. The number of carbonyl (C=O) groups is 1. The molecule has 0 spiro atoms. The number of hydrogen-bond donors (Lipinski definition) is 2. The largest absolute Gasteiger partial charge is 0.494 e. The van der Waals surface area contributed by atoms with Gasteiger partial charge in [0, 0.05) is 5.69 Å². The lowest BCUT2D eigenvalue weighted by Gasteiger charge is -2.18. The van der Waals surface area contributed by atoms with Crippen LogP contribution < -0.4 is 15.4 Å². The molecule has 0 fully saturated rings. The van der Waals surface area contributed by atoms with Gasteiger partial charge in [-0.05, 0) is 54.0 Å². The molecule has 1 amide bonds. The van der Waals surface area contributed by atoms with E-state index < -0.39 is 5.92 Å². The van der Waals surface area contributed by atoms with Gasteiger partial charge < -0.3 is 15.4 Å². The van der Waals surface area contributed by atoms with Crippen molar-refractivity contribution in [2.24, 2.45) is 0 Å². The van der Waals surface area contributed by atoms with Gasteiger partial charge in [-0.1, -0.05) is 67.6 Å². The van der Waals surface area contributed by atoms with Gasteiger partial charge in [0.05, 0.1) is 12.5 Å². The maximum atomic E-state index is 13.1. The number of carbonyl (C=O) groups excluding carboxylic acids is 1. The zero-order valence-corrected chi connectivity index (χ0v) is 17.1. The maximum Gasteiger partial charge on any atom is 0.238 e. The molecule has 0 saturated heterocycles. The summed E-state index contributed by atoms with van der Waals surface area (Å²) in [4.78, 5) is 13.1. The van der Waals surface area contributed by atoms with Crippen LogP contribution in [0.5, 0.6) is 5.75 Å². The van der Waals surface area contributed by atoms with Gasteiger partial charge in [-0.25, -0.2) is 0 Å². The summed E-state index contributed by atoms with van der Waals surface area (Å²) in [5.74, 6) is 0.186. The first kappa shape index (κ1) is 20.6. The van der Waals surface area contributed by atoms with E-state index in [-0.39, 0.29) is 11.0 Å². The molecule has 3 aromatic rings. The van der Waals surface area contributed by atoms with Crippen LogP contribution in [0, 0.1) is 0 Å². The highest BCUT2D eigenvalue weighted by atomic mass is 32.1. The summed E-state index contributed by atoms with van der Waals surface area (Å²) < 4.78 is 5.58. The second kappa shape index (κ2) is 10.4. The highest BCUT2D eigenvalue weighted by molar-refractivity contribution is 7.80. The Morgan fingerprint density at radius 2 is 1.45 bits per heavy atom. The number of hydrogen-bond acceptors (Lipinski definition) is 3. The number of rotatable bonds is 7. The van der Waals surface area contributed by atoms with Gasteiger partial charge >= 0.3 is 0 Å².